The molecule has 0 aromatic heterocycles. The molecular formula is C20H26O2. The van der Waals surface area contributed by atoms with E-state index in [0.29, 0.717) is 19.1 Å². The first-order valence-corrected chi connectivity index (χ1v) is 7.87. The van der Waals surface area contributed by atoms with Crippen LogP contribution in [0.15, 0.2) is 36.4 Å². The third-order valence-electron chi connectivity index (χ3n) is 3.84. The van der Waals surface area contributed by atoms with Crippen LogP contribution in [0.3, 0.4) is 0 Å². The summed E-state index contributed by atoms with van der Waals surface area (Å²) in [5, 5.41) is 0. The van der Waals surface area contributed by atoms with Crippen molar-refractivity contribution in [3.8, 4) is 11.5 Å². The van der Waals surface area contributed by atoms with Crippen molar-refractivity contribution in [3.63, 3.8) is 0 Å². The Morgan fingerprint density at radius 2 is 1.00 bits per heavy atom. The van der Waals surface area contributed by atoms with Crippen molar-refractivity contribution in [1.82, 2.24) is 0 Å². The van der Waals surface area contributed by atoms with Gasteiger partial charge in [0.05, 0.1) is 13.2 Å². The summed E-state index contributed by atoms with van der Waals surface area (Å²) in [5.74, 6) is 2.33. The first-order chi connectivity index (χ1) is 10.5. The number of hydrogen-bond donors (Lipinski definition) is 0. The zero-order chi connectivity index (χ0) is 16.1. The van der Waals surface area contributed by atoms with Crippen molar-refractivity contribution in [3.05, 3.63) is 58.7 Å². The zero-order valence-corrected chi connectivity index (χ0v) is 14.3. The maximum atomic E-state index is 6.00. The van der Waals surface area contributed by atoms with Crippen LogP contribution >= 0.6 is 0 Å². The Morgan fingerprint density at radius 3 is 1.32 bits per heavy atom. The van der Waals surface area contributed by atoms with Gasteiger partial charge in [0.1, 0.15) is 11.5 Å². The average Bonchev–Trinajstić information content (AvgIpc) is 2.46. The van der Waals surface area contributed by atoms with E-state index >= 15 is 0 Å². The molecule has 0 unspecified atom stereocenters. The summed E-state index contributed by atoms with van der Waals surface area (Å²) < 4.78 is 12.0. The van der Waals surface area contributed by atoms with Crippen LogP contribution in [0.4, 0.5) is 0 Å². The van der Waals surface area contributed by atoms with Gasteiger partial charge >= 0.3 is 0 Å². The molecule has 0 N–H and O–H groups in total. The van der Waals surface area contributed by atoms with E-state index in [2.05, 4.69) is 71.0 Å². The normalized spacial score (nSPS) is 10.8. The lowest BCUT2D eigenvalue weighted by molar-refractivity contribution is 0.185. The third kappa shape index (κ3) is 4.03. The number of hydrogen-bond acceptors (Lipinski definition) is 2. The molecule has 118 valence electrons. The topological polar surface area (TPSA) is 18.5 Å². The van der Waals surface area contributed by atoms with Gasteiger partial charge in [-0.25, -0.2) is 0 Å². The van der Waals surface area contributed by atoms with E-state index in [1.807, 2.05) is 0 Å². The Hall–Kier alpha value is -1.96. The Bertz CT molecular complexity index is 536. The minimum Gasteiger partial charge on any atom is -0.493 e. The number of ether oxygens (including phenoxy) is 2. The molecule has 2 aromatic carbocycles. The van der Waals surface area contributed by atoms with Gasteiger partial charge in [0.15, 0.2) is 0 Å². The summed E-state index contributed by atoms with van der Waals surface area (Å²) >= 11 is 0. The molecule has 0 atom stereocenters. The number of aryl methyl sites for hydroxylation is 4. The van der Waals surface area contributed by atoms with Crippen LogP contribution in [-0.2, 0) is 0 Å². The van der Waals surface area contributed by atoms with Gasteiger partial charge in [-0.1, -0.05) is 43.3 Å². The summed E-state index contributed by atoms with van der Waals surface area (Å²) in [6.45, 7) is 11.8. The standard InChI is InChI=1S/C20H26O2/c1-14(12-21-19-15(2)8-6-9-16(19)3)13-22-20-17(4)10-7-11-18(20)5/h6-11,14H,12-13H2,1-5H3. The molecule has 0 saturated carbocycles. The highest BCUT2D eigenvalue weighted by molar-refractivity contribution is 5.40. The van der Waals surface area contributed by atoms with Crippen LogP contribution < -0.4 is 9.47 Å². The second-order valence-electron chi connectivity index (χ2n) is 6.17. The molecular weight excluding hydrogens is 272 g/mol. The Labute approximate surface area is 134 Å². The van der Waals surface area contributed by atoms with Gasteiger partial charge in [0, 0.05) is 5.92 Å². The van der Waals surface area contributed by atoms with Gasteiger partial charge in [0.25, 0.3) is 0 Å². The summed E-state index contributed by atoms with van der Waals surface area (Å²) in [4.78, 5) is 0. The average molecular weight is 298 g/mol. The molecule has 2 heteroatoms. The Balaban J connectivity index is 1.90. The molecule has 0 radical (unpaired) electrons. The van der Waals surface area contributed by atoms with Gasteiger partial charge in [-0.05, 0) is 49.9 Å². The summed E-state index contributed by atoms with van der Waals surface area (Å²) in [6, 6.07) is 12.5. The fraction of sp³-hybridized carbons (Fsp3) is 0.400. The molecule has 0 fully saturated rings. The highest BCUT2D eigenvalue weighted by Gasteiger charge is 2.10. The maximum Gasteiger partial charge on any atom is 0.125 e. The van der Waals surface area contributed by atoms with Crippen LogP contribution in [-0.4, -0.2) is 13.2 Å². The van der Waals surface area contributed by atoms with E-state index in [0.717, 1.165) is 11.5 Å². The van der Waals surface area contributed by atoms with E-state index in [1.165, 1.54) is 22.3 Å². The van der Waals surface area contributed by atoms with E-state index in [-0.39, 0.29) is 0 Å². The largest absolute Gasteiger partial charge is 0.493 e. The molecule has 0 aliphatic carbocycles. The molecule has 22 heavy (non-hydrogen) atoms. The summed E-state index contributed by atoms with van der Waals surface area (Å²) in [7, 11) is 0. The van der Waals surface area contributed by atoms with Crippen molar-refractivity contribution in [2.45, 2.75) is 34.6 Å². The maximum absolute atomic E-state index is 6.00. The fourth-order valence-electron chi connectivity index (χ4n) is 2.55. The molecule has 2 nitrogen and oxygen atoms in total. The molecule has 0 amide bonds. The van der Waals surface area contributed by atoms with Crippen LogP contribution in [0, 0.1) is 33.6 Å². The molecule has 0 aliphatic rings. The van der Waals surface area contributed by atoms with E-state index in [1.54, 1.807) is 0 Å². The molecule has 0 saturated heterocycles. The highest BCUT2D eigenvalue weighted by atomic mass is 16.5. The summed E-state index contributed by atoms with van der Waals surface area (Å²) in [6.07, 6.45) is 0. The SMILES string of the molecule is Cc1cccc(C)c1OCC(C)COc1c(C)cccc1C. The first-order valence-electron chi connectivity index (χ1n) is 7.87. The van der Waals surface area contributed by atoms with Crippen molar-refractivity contribution in [2.75, 3.05) is 13.2 Å². The smallest absolute Gasteiger partial charge is 0.125 e. The molecule has 2 rings (SSSR count). The van der Waals surface area contributed by atoms with Crippen LogP contribution in [0.5, 0.6) is 11.5 Å². The van der Waals surface area contributed by atoms with Gasteiger partial charge in [-0.15, -0.1) is 0 Å². The molecule has 0 aliphatic heterocycles. The van der Waals surface area contributed by atoms with E-state index < -0.39 is 0 Å². The first kappa shape index (κ1) is 16.4. The predicted octanol–water partition coefficient (Wildman–Crippen LogP) is 5.01. The van der Waals surface area contributed by atoms with Crippen LogP contribution in [0.2, 0.25) is 0 Å². The molecule has 0 bridgehead atoms. The number of rotatable bonds is 6. The number of para-hydroxylation sites is 2. The predicted molar refractivity (Wildman–Crippen MR) is 92.0 cm³/mol. The quantitative estimate of drug-likeness (QED) is 0.746. The lowest BCUT2D eigenvalue weighted by atomic mass is 10.1. The third-order valence-corrected chi connectivity index (χ3v) is 3.84. The summed E-state index contributed by atoms with van der Waals surface area (Å²) in [5.41, 5.74) is 4.73. The second-order valence-corrected chi connectivity index (χ2v) is 6.17. The Kier molecular flexibility index (Phi) is 5.48. The zero-order valence-electron chi connectivity index (χ0n) is 14.3. The molecule has 0 heterocycles. The monoisotopic (exact) mass is 298 g/mol. The molecule has 0 spiro atoms. The van der Waals surface area contributed by atoms with E-state index in [9.17, 15) is 0 Å². The van der Waals surface area contributed by atoms with E-state index in [4.69, 9.17) is 9.47 Å². The highest BCUT2D eigenvalue weighted by Crippen LogP contribution is 2.24. The minimum atomic E-state index is 0.331. The van der Waals surface area contributed by atoms with Crippen molar-refractivity contribution >= 4 is 0 Å². The lowest BCUT2D eigenvalue weighted by Crippen LogP contribution is -2.18. The van der Waals surface area contributed by atoms with Crippen molar-refractivity contribution in [2.24, 2.45) is 5.92 Å². The minimum absolute atomic E-state index is 0.331. The fourth-order valence-corrected chi connectivity index (χ4v) is 2.55. The van der Waals surface area contributed by atoms with Gasteiger partial charge in [-0.2, -0.15) is 0 Å². The van der Waals surface area contributed by atoms with Crippen molar-refractivity contribution < 1.29 is 9.47 Å². The van der Waals surface area contributed by atoms with Crippen LogP contribution in [0.1, 0.15) is 29.2 Å². The molecule has 2 aromatic rings. The van der Waals surface area contributed by atoms with Gasteiger partial charge in [-0.3, -0.25) is 0 Å². The van der Waals surface area contributed by atoms with Gasteiger partial charge in [0.2, 0.25) is 0 Å². The van der Waals surface area contributed by atoms with Crippen LogP contribution in [0.25, 0.3) is 0 Å². The van der Waals surface area contributed by atoms with Gasteiger partial charge < -0.3 is 9.47 Å². The van der Waals surface area contributed by atoms with Crippen molar-refractivity contribution in [1.29, 1.82) is 0 Å². The Morgan fingerprint density at radius 1 is 0.682 bits per heavy atom. The lowest BCUT2D eigenvalue weighted by Gasteiger charge is -2.18. The number of benzene rings is 2. The second kappa shape index (κ2) is 7.35.